The van der Waals surface area contributed by atoms with E-state index in [4.69, 9.17) is 14.0 Å². The minimum Gasteiger partial charge on any atom is -0.790 e. The van der Waals surface area contributed by atoms with Gasteiger partial charge in [-0.2, -0.15) is 0 Å². The number of rotatable bonds is 40. The summed E-state index contributed by atoms with van der Waals surface area (Å²) in [6, 6.07) is 0. The lowest BCUT2D eigenvalue weighted by molar-refractivity contribution is -0.366. The van der Waals surface area contributed by atoms with Crippen molar-refractivity contribution in [2.75, 3.05) is 13.2 Å². The second-order valence-corrected chi connectivity index (χ2v) is 20.2. The molecule has 8 atom stereocenters. The fraction of sp³-hybridized carbons (Fsp3) is 0.951. The topological polar surface area (TPSA) is 499 Å². The molecule has 1 aliphatic carbocycles. The molecule has 68 heavy (non-hydrogen) atoms. The highest BCUT2D eigenvalue weighted by molar-refractivity contribution is 7.46. The maximum Gasteiger partial charge on any atom is 0.306 e. The summed E-state index contributed by atoms with van der Waals surface area (Å²) in [7, 11) is -18.0. The molecule has 0 amide bonds. The molecule has 414 valence electrons. The Hall–Kier alpha value is -1.05. The Morgan fingerprint density at radius 1 is 0.441 bits per heavy atom. The number of phosphoric ester groups is 3. The molecule has 0 spiro atoms. The normalized spacial score (nSPS) is 20.5. The highest BCUT2D eigenvalue weighted by Gasteiger charge is 2.53. The second kappa shape index (κ2) is 43.5. The molecule has 1 fully saturated rings. The van der Waals surface area contributed by atoms with Gasteiger partial charge in [0.1, 0.15) is 43.2 Å². The molecule has 0 radical (unpaired) electrons. The standard InChI is InChI=1S/C41H81O19P3.5H3N/c1-3-5-7-9-11-13-15-17-19-21-23-25-27-29-34(42)55-31-33(57-35(43)30-28-26-24-22-20-18-16-14-12-10-8-6-4-2)32-56-63(53,54)60-39-36(44)37(45)40(58-61(47,48)49)41(38(39)46)59-62(50,51)52;;;;;/h33,36-41,44-46H,3-32H2,1-2H3,(H,53,54)(H2,47,48,49)(H2,50,51,52);5*1H3/t33-,36-,37-,38+,39+,40+,41+;;;;;/m1...../s1. The lowest BCUT2D eigenvalue weighted by Crippen LogP contribution is -2.65. The van der Waals surface area contributed by atoms with Gasteiger partial charge in [-0.1, -0.05) is 168 Å². The minimum absolute atomic E-state index is 0. The van der Waals surface area contributed by atoms with Crippen LogP contribution in [0.4, 0.5) is 0 Å². The Kier molecular flexibility index (Phi) is 48.6. The van der Waals surface area contributed by atoms with Gasteiger partial charge in [-0.15, -0.1) is 0 Å². The first-order valence-electron chi connectivity index (χ1n) is 23.2. The average Bonchev–Trinajstić information content (AvgIpc) is 3.20. The van der Waals surface area contributed by atoms with Crippen LogP contribution in [-0.4, -0.2) is 83.2 Å². The third-order valence-corrected chi connectivity index (χ3v) is 12.9. The SMILES string of the molecule is CCCCCCCCCCCCCCCC(=O)OC[C@H](COP(=O)([O-])O[C@H]1[C@H](O)[C@@H](O)[C@H](OP(=O)([O-])[O-])[C@@H](OP(=O)([O-])[O-])[C@H]1O)OC(=O)CCCCCCCCCCCCCCC.[NH4+].[NH4+].[NH4+].[NH4+].[NH4+]. The molecular formula is C41H96N5O19P3. The van der Waals surface area contributed by atoms with Crippen LogP contribution in [0.5, 0.6) is 0 Å². The quantitative estimate of drug-likeness (QED) is 0.0180. The number of aliphatic hydroxyl groups is 3. The number of hydrogen-bond acceptors (Lipinski definition) is 19. The maximum absolute atomic E-state index is 12.9. The number of carbonyl (C=O) groups excluding carboxylic acids is 2. The predicted octanol–water partition coefficient (Wildman–Crippen LogP) is 6.68. The third-order valence-electron chi connectivity index (χ3n) is 10.9. The van der Waals surface area contributed by atoms with Crippen molar-refractivity contribution < 1.29 is 90.6 Å². The van der Waals surface area contributed by atoms with E-state index < -0.39 is 91.3 Å². The summed E-state index contributed by atoms with van der Waals surface area (Å²) in [5, 5.41) is 31.5. The fourth-order valence-corrected chi connectivity index (χ4v) is 9.42. The van der Waals surface area contributed by atoms with Crippen LogP contribution in [0.15, 0.2) is 0 Å². The smallest absolute Gasteiger partial charge is 0.306 e. The molecule has 0 aromatic carbocycles. The van der Waals surface area contributed by atoms with Crippen LogP contribution >= 0.6 is 23.5 Å². The van der Waals surface area contributed by atoms with Crippen LogP contribution in [0.1, 0.15) is 194 Å². The first kappa shape index (κ1) is 75.9. The van der Waals surface area contributed by atoms with Crippen molar-refractivity contribution in [2.24, 2.45) is 0 Å². The van der Waals surface area contributed by atoms with Crippen LogP contribution in [0.3, 0.4) is 0 Å². The molecule has 0 aliphatic heterocycles. The largest absolute Gasteiger partial charge is 0.790 e. The lowest BCUT2D eigenvalue weighted by Gasteiger charge is -2.50. The van der Waals surface area contributed by atoms with E-state index in [0.717, 1.165) is 57.8 Å². The van der Waals surface area contributed by atoms with E-state index in [1.165, 1.54) is 96.3 Å². The molecule has 0 bridgehead atoms. The summed E-state index contributed by atoms with van der Waals surface area (Å²) >= 11 is 0. The summed E-state index contributed by atoms with van der Waals surface area (Å²) in [5.74, 6) is -1.36. The third kappa shape index (κ3) is 38.6. The van der Waals surface area contributed by atoms with Crippen molar-refractivity contribution in [3.63, 3.8) is 0 Å². The molecule has 0 aromatic heterocycles. The number of hydrogen-bond donors (Lipinski definition) is 8. The summed E-state index contributed by atoms with van der Waals surface area (Å²) in [5.41, 5.74) is 0. The van der Waals surface area contributed by atoms with Gasteiger partial charge in [-0.05, 0) is 12.8 Å². The molecule has 0 saturated heterocycles. The molecule has 27 heteroatoms. The van der Waals surface area contributed by atoms with E-state index in [-0.39, 0.29) is 43.6 Å². The second-order valence-electron chi connectivity index (χ2n) is 16.6. The van der Waals surface area contributed by atoms with Crippen molar-refractivity contribution in [1.29, 1.82) is 0 Å². The first-order valence-corrected chi connectivity index (χ1v) is 27.6. The van der Waals surface area contributed by atoms with Crippen LogP contribution in [0, 0.1) is 0 Å². The molecule has 1 unspecified atom stereocenters. The van der Waals surface area contributed by atoms with Crippen LogP contribution in [0.25, 0.3) is 0 Å². The number of quaternary nitrogens is 5. The zero-order chi connectivity index (χ0) is 47.2. The van der Waals surface area contributed by atoms with E-state index in [0.29, 0.717) is 12.8 Å². The van der Waals surface area contributed by atoms with Crippen molar-refractivity contribution in [3.8, 4) is 0 Å². The number of carbonyl (C=O) groups is 2. The van der Waals surface area contributed by atoms with Gasteiger partial charge < -0.3 is 107 Å². The zero-order valence-electron chi connectivity index (χ0n) is 42.5. The molecule has 24 nitrogen and oxygen atoms in total. The van der Waals surface area contributed by atoms with E-state index >= 15 is 0 Å². The molecule has 1 saturated carbocycles. The zero-order valence-corrected chi connectivity index (χ0v) is 45.2. The highest BCUT2D eigenvalue weighted by atomic mass is 31.2. The number of ether oxygens (including phenoxy) is 2. The Morgan fingerprint density at radius 3 is 1.10 bits per heavy atom. The van der Waals surface area contributed by atoms with Gasteiger partial charge in [-0.3, -0.25) is 14.2 Å². The molecule has 0 aromatic rings. The van der Waals surface area contributed by atoms with Crippen molar-refractivity contribution in [2.45, 2.75) is 236 Å². The number of aliphatic hydroxyl groups excluding tert-OH is 3. The fourth-order valence-electron chi connectivity index (χ4n) is 7.38. The summed E-state index contributed by atoms with van der Waals surface area (Å²) in [6.07, 6.45) is 11.1. The van der Waals surface area contributed by atoms with E-state index in [1.54, 1.807) is 0 Å². The van der Waals surface area contributed by atoms with Gasteiger partial charge in [0, 0.05) is 12.8 Å². The average molecular weight is 1060 g/mol. The molecular weight excluding hydrogens is 959 g/mol. The van der Waals surface area contributed by atoms with Gasteiger partial charge in [0.05, 0.1) is 22.3 Å². The van der Waals surface area contributed by atoms with Crippen molar-refractivity contribution >= 4 is 35.4 Å². The molecule has 1 rings (SSSR count). The number of phosphoric acid groups is 3. The highest BCUT2D eigenvalue weighted by Crippen LogP contribution is 2.46. The number of unbranched alkanes of at least 4 members (excludes halogenated alkanes) is 24. The molecule has 23 N–H and O–H groups in total. The maximum atomic E-state index is 12.9. The summed E-state index contributed by atoms with van der Waals surface area (Å²) < 4.78 is 63.7. The minimum atomic E-state index is -6.15. The van der Waals surface area contributed by atoms with Crippen LogP contribution in [-0.2, 0) is 50.9 Å². The molecule has 0 heterocycles. The van der Waals surface area contributed by atoms with Crippen LogP contribution < -0.4 is 55.2 Å². The van der Waals surface area contributed by atoms with Crippen molar-refractivity contribution in [1.82, 2.24) is 30.8 Å². The Labute approximate surface area is 405 Å². The number of esters is 2. The van der Waals surface area contributed by atoms with E-state index in [2.05, 4.69) is 27.4 Å². The van der Waals surface area contributed by atoms with Crippen molar-refractivity contribution in [3.05, 3.63) is 0 Å². The van der Waals surface area contributed by atoms with E-state index in [1.807, 2.05) is 0 Å². The monoisotopic (exact) mass is 1060 g/mol. The van der Waals surface area contributed by atoms with Gasteiger partial charge in [0.15, 0.2) is 6.10 Å². The Balaban J connectivity index is -0.00000265. The first-order chi connectivity index (χ1) is 29.8. The Bertz CT molecular complexity index is 1370. The summed E-state index contributed by atoms with van der Waals surface area (Å²) in [6.45, 7) is 2.78. The summed E-state index contributed by atoms with van der Waals surface area (Å²) in [4.78, 5) is 83.4. The van der Waals surface area contributed by atoms with Gasteiger partial charge in [0.25, 0.3) is 7.82 Å². The van der Waals surface area contributed by atoms with Crippen LogP contribution in [0.2, 0.25) is 0 Å². The van der Waals surface area contributed by atoms with E-state index in [9.17, 15) is 63.1 Å². The predicted molar refractivity (Wildman–Crippen MR) is 253 cm³/mol. The van der Waals surface area contributed by atoms with Gasteiger partial charge in [-0.25, -0.2) is 0 Å². The lowest BCUT2D eigenvalue weighted by atomic mass is 9.85. The Morgan fingerprint density at radius 2 is 0.750 bits per heavy atom. The van der Waals surface area contributed by atoms with Gasteiger partial charge in [0.2, 0.25) is 0 Å². The molecule has 1 aliphatic rings. The van der Waals surface area contributed by atoms with Gasteiger partial charge >= 0.3 is 11.9 Å².